The molecule has 2 heterocycles. The van der Waals surface area contributed by atoms with Crippen LogP contribution in [0, 0.1) is 0 Å². The third-order valence-electron chi connectivity index (χ3n) is 3.91. The number of benzene rings is 1. The summed E-state index contributed by atoms with van der Waals surface area (Å²) < 4.78 is 2.74. The highest BCUT2D eigenvalue weighted by Gasteiger charge is 2.12. The Morgan fingerprint density at radius 1 is 1.15 bits per heavy atom. The fraction of sp³-hybridized carbons (Fsp3) is 0.222. The van der Waals surface area contributed by atoms with Gasteiger partial charge in [-0.15, -0.1) is 5.10 Å². The van der Waals surface area contributed by atoms with Crippen LogP contribution in [-0.2, 0) is 20.1 Å². The van der Waals surface area contributed by atoms with Gasteiger partial charge in [0.05, 0.1) is 6.54 Å². The summed E-state index contributed by atoms with van der Waals surface area (Å²) in [4.78, 5) is 28.4. The van der Waals surface area contributed by atoms with Gasteiger partial charge in [0.2, 0.25) is 0 Å². The van der Waals surface area contributed by atoms with Crippen molar-refractivity contribution in [3.8, 4) is 11.5 Å². The Morgan fingerprint density at radius 3 is 2.63 bits per heavy atom. The van der Waals surface area contributed by atoms with Gasteiger partial charge in [-0.05, 0) is 29.8 Å². The topological polar surface area (TPSA) is 93.8 Å². The second kappa shape index (κ2) is 8.50. The number of carbonyl (C=O) groups is 1. The monoisotopic (exact) mass is 386 g/mol. The summed E-state index contributed by atoms with van der Waals surface area (Å²) in [5.41, 5.74) is 1.29. The molecular weight excluding hydrogens is 368 g/mol. The van der Waals surface area contributed by atoms with Crippen molar-refractivity contribution in [1.29, 1.82) is 0 Å². The van der Waals surface area contributed by atoms with E-state index in [0.717, 1.165) is 5.56 Å². The van der Waals surface area contributed by atoms with E-state index in [2.05, 4.69) is 20.7 Å². The van der Waals surface area contributed by atoms with E-state index >= 15 is 0 Å². The first-order chi connectivity index (χ1) is 13.0. The number of halogens is 1. The molecule has 0 bridgehead atoms. The Labute approximate surface area is 160 Å². The molecule has 0 unspecified atom stereocenters. The predicted octanol–water partition coefficient (Wildman–Crippen LogP) is 1.80. The fourth-order valence-electron chi connectivity index (χ4n) is 2.47. The zero-order valence-electron chi connectivity index (χ0n) is 14.7. The van der Waals surface area contributed by atoms with Gasteiger partial charge in [-0.2, -0.15) is 0 Å². The van der Waals surface area contributed by atoms with Gasteiger partial charge in [0, 0.05) is 31.4 Å². The number of nitrogens with zero attached hydrogens (tertiary/aromatic N) is 4. The van der Waals surface area contributed by atoms with Crippen LogP contribution in [0.25, 0.3) is 11.5 Å². The van der Waals surface area contributed by atoms with Crippen molar-refractivity contribution in [3.63, 3.8) is 0 Å². The molecule has 0 saturated heterocycles. The lowest BCUT2D eigenvalue weighted by atomic mass is 10.2. The average Bonchev–Trinajstić information content (AvgIpc) is 2.97. The number of amides is 2. The van der Waals surface area contributed by atoms with Crippen LogP contribution in [0.3, 0.4) is 0 Å². The molecule has 1 aromatic carbocycles. The minimum absolute atomic E-state index is 0.258. The van der Waals surface area contributed by atoms with E-state index in [1.807, 2.05) is 18.2 Å². The van der Waals surface area contributed by atoms with E-state index in [1.54, 1.807) is 37.5 Å². The first kappa shape index (κ1) is 18.7. The summed E-state index contributed by atoms with van der Waals surface area (Å²) in [7, 11) is 1.64. The van der Waals surface area contributed by atoms with Gasteiger partial charge < -0.3 is 10.6 Å². The molecule has 0 fully saturated rings. The number of carbonyl (C=O) groups excluding carboxylic acids is 1. The molecule has 8 nitrogen and oxygen atoms in total. The summed E-state index contributed by atoms with van der Waals surface area (Å²) in [5, 5.41) is 10.4. The van der Waals surface area contributed by atoms with E-state index in [-0.39, 0.29) is 24.8 Å². The third kappa shape index (κ3) is 4.73. The van der Waals surface area contributed by atoms with Crippen molar-refractivity contribution in [2.45, 2.75) is 13.1 Å². The Morgan fingerprint density at radius 2 is 1.93 bits per heavy atom. The van der Waals surface area contributed by atoms with Crippen LogP contribution in [-0.4, -0.2) is 31.9 Å². The summed E-state index contributed by atoms with van der Waals surface area (Å²) in [6.07, 6.45) is 1.64. The lowest BCUT2D eigenvalue weighted by Crippen LogP contribution is -2.38. The molecule has 27 heavy (non-hydrogen) atoms. The van der Waals surface area contributed by atoms with Crippen molar-refractivity contribution < 1.29 is 4.79 Å². The Kier molecular flexibility index (Phi) is 5.87. The van der Waals surface area contributed by atoms with Crippen molar-refractivity contribution >= 4 is 17.6 Å². The van der Waals surface area contributed by atoms with Crippen LogP contribution in [0.2, 0.25) is 5.02 Å². The van der Waals surface area contributed by atoms with Gasteiger partial charge in [0.25, 0.3) is 0 Å². The smallest absolute Gasteiger partial charge is 0.336 e. The van der Waals surface area contributed by atoms with Gasteiger partial charge in [0.15, 0.2) is 5.82 Å². The predicted molar refractivity (Wildman–Crippen MR) is 102 cm³/mol. The second-order valence-electron chi connectivity index (χ2n) is 5.84. The highest BCUT2D eigenvalue weighted by Crippen LogP contribution is 2.10. The quantitative estimate of drug-likeness (QED) is 0.675. The maximum atomic E-state index is 12.3. The van der Waals surface area contributed by atoms with Crippen LogP contribution in [0.1, 0.15) is 5.56 Å². The van der Waals surface area contributed by atoms with Crippen molar-refractivity contribution in [3.05, 3.63) is 69.7 Å². The first-order valence-corrected chi connectivity index (χ1v) is 8.74. The maximum Gasteiger partial charge on any atom is 0.346 e. The molecule has 0 aliphatic rings. The molecule has 140 valence electrons. The number of rotatable bonds is 6. The summed E-state index contributed by atoms with van der Waals surface area (Å²) in [6, 6.07) is 12.3. The summed E-state index contributed by atoms with van der Waals surface area (Å²) >= 11 is 5.83. The van der Waals surface area contributed by atoms with Crippen molar-refractivity contribution in [2.24, 2.45) is 7.05 Å². The zero-order valence-corrected chi connectivity index (χ0v) is 15.5. The molecule has 2 N–H and O–H groups in total. The fourth-order valence-corrected chi connectivity index (χ4v) is 2.60. The van der Waals surface area contributed by atoms with Gasteiger partial charge in [0.1, 0.15) is 5.69 Å². The molecule has 0 atom stereocenters. The lowest BCUT2D eigenvalue weighted by Gasteiger charge is -2.07. The standard InChI is InChI=1S/C18H19ClN6O2/c1-24-16(15-4-2-3-9-20-15)23-25(18(24)27)11-10-21-17(26)22-12-13-5-7-14(19)8-6-13/h2-9H,10-12H2,1H3,(H2,21,22,26). The number of nitrogens with one attached hydrogen (secondary N) is 2. The van der Waals surface area contributed by atoms with E-state index in [4.69, 9.17) is 11.6 Å². The van der Waals surface area contributed by atoms with Crippen LogP contribution in [0.4, 0.5) is 4.79 Å². The molecule has 3 aromatic rings. The van der Waals surface area contributed by atoms with E-state index in [9.17, 15) is 9.59 Å². The Balaban J connectivity index is 1.52. The summed E-state index contributed by atoms with van der Waals surface area (Å²) in [6.45, 7) is 0.912. The number of pyridine rings is 1. The number of hydrogen-bond acceptors (Lipinski definition) is 4. The van der Waals surface area contributed by atoms with Crippen molar-refractivity contribution in [2.75, 3.05) is 6.54 Å². The van der Waals surface area contributed by atoms with Crippen LogP contribution >= 0.6 is 11.6 Å². The molecule has 9 heteroatoms. The largest absolute Gasteiger partial charge is 0.346 e. The number of urea groups is 1. The molecule has 2 amide bonds. The molecule has 0 saturated carbocycles. The third-order valence-corrected chi connectivity index (χ3v) is 4.16. The van der Waals surface area contributed by atoms with Gasteiger partial charge in [-0.3, -0.25) is 9.55 Å². The second-order valence-corrected chi connectivity index (χ2v) is 6.28. The summed E-state index contributed by atoms with van der Waals surface area (Å²) in [5.74, 6) is 0.479. The number of hydrogen-bond donors (Lipinski definition) is 2. The average molecular weight is 387 g/mol. The molecular formula is C18H19ClN6O2. The van der Waals surface area contributed by atoms with E-state index in [1.165, 1.54) is 9.25 Å². The van der Waals surface area contributed by atoms with Gasteiger partial charge in [-0.1, -0.05) is 29.8 Å². The molecule has 0 spiro atoms. The SMILES string of the molecule is Cn1c(-c2ccccn2)nn(CCNC(=O)NCc2ccc(Cl)cc2)c1=O. The van der Waals surface area contributed by atoms with Crippen LogP contribution < -0.4 is 16.3 Å². The van der Waals surface area contributed by atoms with Gasteiger partial charge in [-0.25, -0.2) is 14.3 Å². The molecule has 0 radical (unpaired) electrons. The molecule has 0 aliphatic carbocycles. The molecule has 0 aliphatic heterocycles. The molecule has 3 rings (SSSR count). The first-order valence-electron chi connectivity index (χ1n) is 8.36. The number of aromatic nitrogens is 4. The Hall–Kier alpha value is -3.13. The zero-order chi connectivity index (χ0) is 19.2. The highest BCUT2D eigenvalue weighted by molar-refractivity contribution is 6.30. The van der Waals surface area contributed by atoms with Crippen LogP contribution in [0.5, 0.6) is 0 Å². The minimum Gasteiger partial charge on any atom is -0.336 e. The highest BCUT2D eigenvalue weighted by atomic mass is 35.5. The maximum absolute atomic E-state index is 12.3. The van der Waals surface area contributed by atoms with E-state index < -0.39 is 0 Å². The molecule has 2 aromatic heterocycles. The normalized spacial score (nSPS) is 10.6. The van der Waals surface area contributed by atoms with E-state index in [0.29, 0.717) is 23.1 Å². The minimum atomic E-state index is -0.320. The Bertz CT molecular complexity index is 966. The van der Waals surface area contributed by atoms with Crippen molar-refractivity contribution in [1.82, 2.24) is 30.0 Å². The van der Waals surface area contributed by atoms with Crippen LogP contribution in [0.15, 0.2) is 53.5 Å². The van der Waals surface area contributed by atoms with Gasteiger partial charge >= 0.3 is 11.7 Å². The lowest BCUT2D eigenvalue weighted by molar-refractivity contribution is 0.240.